The van der Waals surface area contributed by atoms with Gasteiger partial charge in [-0.3, -0.25) is 4.79 Å². The molecule has 0 saturated carbocycles. The normalized spacial score (nSPS) is 10.8. The van der Waals surface area contributed by atoms with Crippen molar-refractivity contribution in [2.45, 2.75) is 0 Å². The molecule has 0 aromatic heterocycles. The first kappa shape index (κ1) is 15.8. The second kappa shape index (κ2) is 6.91. The first-order valence-corrected chi connectivity index (χ1v) is 7.64. The zero-order valence-corrected chi connectivity index (χ0v) is 14.3. The minimum atomic E-state index is -0.0920. The van der Waals surface area contributed by atoms with Gasteiger partial charge in [-0.2, -0.15) is 0 Å². The van der Waals surface area contributed by atoms with Crippen molar-refractivity contribution < 1.29 is 14.6 Å². The van der Waals surface area contributed by atoms with Crippen LogP contribution in [0.1, 0.15) is 15.9 Å². The highest BCUT2D eigenvalue weighted by molar-refractivity contribution is 9.10. The van der Waals surface area contributed by atoms with Gasteiger partial charge in [0.15, 0.2) is 17.3 Å². The van der Waals surface area contributed by atoms with Crippen molar-refractivity contribution in [3.63, 3.8) is 0 Å². The van der Waals surface area contributed by atoms with E-state index in [1.807, 2.05) is 12.1 Å². The molecule has 2 rings (SSSR count). The predicted octanol–water partition coefficient (Wildman–Crippen LogP) is 4.82. The van der Waals surface area contributed by atoms with Crippen LogP contribution in [0.3, 0.4) is 0 Å². The molecule has 5 heteroatoms. The van der Waals surface area contributed by atoms with Crippen molar-refractivity contribution in [3.05, 3.63) is 62.5 Å². The lowest BCUT2D eigenvalue weighted by molar-refractivity contribution is 0.104. The van der Waals surface area contributed by atoms with E-state index < -0.39 is 0 Å². The maximum Gasteiger partial charge on any atom is 0.185 e. The van der Waals surface area contributed by atoms with Gasteiger partial charge in [-0.15, -0.1) is 0 Å². The number of hydrogen-bond acceptors (Lipinski definition) is 3. The number of phenolic OH excluding ortho intramolecular Hbond substituents is 1. The van der Waals surface area contributed by atoms with E-state index in [-0.39, 0.29) is 11.5 Å². The molecule has 0 amide bonds. The van der Waals surface area contributed by atoms with Crippen LogP contribution in [-0.2, 0) is 0 Å². The number of ketones is 1. The van der Waals surface area contributed by atoms with Gasteiger partial charge < -0.3 is 9.84 Å². The molecule has 0 bridgehead atoms. The SMILES string of the molecule is COc1cc(C=CC(=O)c2ccc(Br)cc2)cc(Br)c1O. The largest absolute Gasteiger partial charge is 0.503 e. The van der Waals surface area contributed by atoms with Crippen LogP contribution in [0.25, 0.3) is 6.08 Å². The summed E-state index contributed by atoms with van der Waals surface area (Å²) in [7, 11) is 1.47. The van der Waals surface area contributed by atoms with Gasteiger partial charge in [-0.05, 0) is 64.0 Å². The first-order chi connectivity index (χ1) is 10.0. The third-order valence-corrected chi connectivity index (χ3v) is 3.96. The zero-order valence-electron chi connectivity index (χ0n) is 11.1. The maximum absolute atomic E-state index is 12.0. The summed E-state index contributed by atoms with van der Waals surface area (Å²) < 4.78 is 6.50. The number of allylic oxidation sites excluding steroid dienone is 1. The van der Waals surface area contributed by atoms with E-state index >= 15 is 0 Å². The Kier molecular flexibility index (Phi) is 5.20. The number of methoxy groups -OCH3 is 1. The van der Waals surface area contributed by atoms with Crippen molar-refractivity contribution in [1.82, 2.24) is 0 Å². The number of phenols is 1. The second-order valence-electron chi connectivity index (χ2n) is 4.26. The number of halogens is 2. The molecule has 108 valence electrons. The van der Waals surface area contributed by atoms with E-state index in [0.29, 0.717) is 15.8 Å². The summed E-state index contributed by atoms with van der Waals surface area (Å²) in [4.78, 5) is 12.0. The summed E-state index contributed by atoms with van der Waals surface area (Å²) in [5, 5.41) is 9.74. The number of carbonyl (C=O) groups excluding carboxylic acids is 1. The number of ether oxygens (including phenoxy) is 1. The highest BCUT2D eigenvalue weighted by atomic mass is 79.9. The molecule has 0 unspecified atom stereocenters. The van der Waals surface area contributed by atoms with Crippen LogP contribution in [0.2, 0.25) is 0 Å². The highest BCUT2D eigenvalue weighted by Crippen LogP contribution is 2.35. The zero-order chi connectivity index (χ0) is 15.4. The van der Waals surface area contributed by atoms with Crippen LogP contribution in [0, 0.1) is 0 Å². The number of aromatic hydroxyl groups is 1. The fraction of sp³-hybridized carbons (Fsp3) is 0.0625. The van der Waals surface area contributed by atoms with Crippen molar-refractivity contribution in [1.29, 1.82) is 0 Å². The molecule has 0 aliphatic carbocycles. The number of rotatable bonds is 4. The van der Waals surface area contributed by atoms with Gasteiger partial charge in [0.1, 0.15) is 0 Å². The molecule has 0 atom stereocenters. The summed E-state index contributed by atoms with van der Waals surface area (Å²) in [5.41, 5.74) is 1.36. The quantitative estimate of drug-likeness (QED) is 0.579. The van der Waals surface area contributed by atoms with E-state index in [1.54, 1.807) is 30.3 Å². The second-order valence-corrected chi connectivity index (χ2v) is 6.03. The molecule has 0 radical (unpaired) electrons. The van der Waals surface area contributed by atoms with Gasteiger partial charge in [0, 0.05) is 10.0 Å². The number of carbonyl (C=O) groups is 1. The monoisotopic (exact) mass is 410 g/mol. The molecular formula is C16H12Br2O3. The van der Waals surface area contributed by atoms with Gasteiger partial charge in [0.05, 0.1) is 11.6 Å². The van der Waals surface area contributed by atoms with Crippen molar-refractivity contribution in [2.75, 3.05) is 7.11 Å². The maximum atomic E-state index is 12.0. The van der Waals surface area contributed by atoms with E-state index in [0.717, 1.165) is 10.0 Å². The molecule has 1 N–H and O–H groups in total. The number of hydrogen-bond donors (Lipinski definition) is 1. The number of benzene rings is 2. The van der Waals surface area contributed by atoms with Crippen molar-refractivity contribution in [3.8, 4) is 11.5 Å². The van der Waals surface area contributed by atoms with Gasteiger partial charge in [-0.1, -0.05) is 22.0 Å². The van der Waals surface area contributed by atoms with E-state index in [9.17, 15) is 9.90 Å². The predicted molar refractivity (Wildman–Crippen MR) is 89.9 cm³/mol. The molecule has 21 heavy (non-hydrogen) atoms. The lowest BCUT2D eigenvalue weighted by Gasteiger charge is -2.06. The van der Waals surface area contributed by atoms with Crippen molar-refractivity contribution in [2.24, 2.45) is 0 Å². The summed E-state index contributed by atoms with van der Waals surface area (Å²) in [5.74, 6) is 0.291. The van der Waals surface area contributed by atoms with Crippen LogP contribution in [0.15, 0.2) is 51.4 Å². The van der Waals surface area contributed by atoms with Crippen LogP contribution in [0.5, 0.6) is 11.5 Å². The minimum absolute atomic E-state index is 0.0360. The molecule has 0 saturated heterocycles. The Balaban J connectivity index is 2.23. The van der Waals surface area contributed by atoms with Gasteiger partial charge in [0.2, 0.25) is 0 Å². The molecule has 0 aliphatic rings. The molecule has 2 aromatic carbocycles. The Hall–Kier alpha value is -1.59. The Labute approximate surface area is 139 Å². The average molecular weight is 412 g/mol. The highest BCUT2D eigenvalue weighted by Gasteiger charge is 2.07. The van der Waals surface area contributed by atoms with E-state index in [4.69, 9.17) is 4.74 Å². The van der Waals surface area contributed by atoms with Crippen LogP contribution in [0.4, 0.5) is 0 Å². The lowest BCUT2D eigenvalue weighted by Crippen LogP contribution is -1.93. The minimum Gasteiger partial charge on any atom is -0.503 e. The summed E-state index contributed by atoms with van der Waals surface area (Å²) in [6.45, 7) is 0. The fourth-order valence-corrected chi connectivity index (χ4v) is 2.45. The fourth-order valence-electron chi connectivity index (χ4n) is 1.73. The molecular weight excluding hydrogens is 400 g/mol. The summed E-state index contributed by atoms with van der Waals surface area (Å²) in [6, 6.07) is 10.5. The molecule has 0 heterocycles. The average Bonchev–Trinajstić information content (AvgIpc) is 2.48. The smallest absolute Gasteiger partial charge is 0.185 e. The molecule has 2 aromatic rings. The standard InChI is InChI=1S/C16H12Br2O3/c1-21-15-9-10(8-13(18)16(15)20)2-7-14(19)11-3-5-12(17)6-4-11/h2-9,20H,1H3. The summed E-state index contributed by atoms with van der Waals surface area (Å²) in [6.07, 6.45) is 3.17. The third-order valence-electron chi connectivity index (χ3n) is 2.83. The topological polar surface area (TPSA) is 46.5 Å². The molecule has 3 nitrogen and oxygen atoms in total. The van der Waals surface area contributed by atoms with Crippen LogP contribution in [-0.4, -0.2) is 18.0 Å². The van der Waals surface area contributed by atoms with Gasteiger partial charge in [0.25, 0.3) is 0 Å². The molecule has 0 aliphatic heterocycles. The first-order valence-electron chi connectivity index (χ1n) is 6.05. The lowest BCUT2D eigenvalue weighted by atomic mass is 10.1. The van der Waals surface area contributed by atoms with Crippen molar-refractivity contribution >= 4 is 43.7 Å². The van der Waals surface area contributed by atoms with Crippen LogP contribution >= 0.6 is 31.9 Å². The van der Waals surface area contributed by atoms with E-state index in [2.05, 4.69) is 31.9 Å². The summed E-state index contributed by atoms with van der Waals surface area (Å²) >= 11 is 6.57. The van der Waals surface area contributed by atoms with E-state index in [1.165, 1.54) is 13.2 Å². The molecule has 0 spiro atoms. The van der Waals surface area contributed by atoms with Gasteiger partial charge >= 0.3 is 0 Å². The third kappa shape index (κ3) is 3.95. The Morgan fingerprint density at radius 2 is 1.86 bits per heavy atom. The van der Waals surface area contributed by atoms with Gasteiger partial charge in [-0.25, -0.2) is 0 Å². The Morgan fingerprint density at radius 1 is 1.19 bits per heavy atom. The Morgan fingerprint density at radius 3 is 2.48 bits per heavy atom. The molecule has 0 fully saturated rings. The Bertz CT molecular complexity index is 691. The van der Waals surface area contributed by atoms with Crippen LogP contribution < -0.4 is 4.74 Å².